The van der Waals surface area contributed by atoms with Crippen molar-refractivity contribution < 1.29 is 9.53 Å². The molecule has 1 amide bonds. The van der Waals surface area contributed by atoms with Crippen LogP contribution in [0.3, 0.4) is 0 Å². The van der Waals surface area contributed by atoms with Crippen molar-refractivity contribution in [1.29, 1.82) is 0 Å². The van der Waals surface area contributed by atoms with Crippen LogP contribution in [-0.2, 0) is 4.74 Å². The van der Waals surface area contributed by atoms with Crippen LogP contribution in [0.15, 0.2) is 30.3 Å². The molecule has 1 atom stereocenters. The van der Waals surface area contributed by atoms with Gasteiger partial charge in [-0.15, -0.1) is 0 Å². The molecule has 0 spiro atoms. The molecular formula is C10H12NO2. The number of alkyl carbamates (subject to hydrolysis) is 1. The number of carbonyl (C=O) groups excluding carboxylic acids is 1. The average molecular weight is 178 g/mol. The molecule has 1 N–H and O–H groups in total. The SMILES string of the molecule is [CH2]C(OC(=O)NC)c1ccccc1. The fourth-order valence-electron chi connectivity index (χ4n) is 0.924. The van der Waals surface area contributed by atoms with Crippen LogP contribution in [0.25, 0.3) is 0 Å². The van der Waals surface area contributed by atoms with Crippen LogP contribution in [0.1, 0.15) is 11.7 Å². The molecule has 1 unspecified atom stereocenters. The fraction of sp³-hybridized carbons (Fsp3) is 0.200. The van der Waals surface area contributed by atoms with Crippen molar-refractivity contribution >= 4 is 6.09 Å². The third-order valence-electron chi connectivity index (χ3n) is 1.62. The molecule has 1 radical (unpaired) electrons. The normalized spacial score (nSPS) is 11.8. The highest BCUT2D eigenvalue weighted by molar-refractivity contribution is 5.67. The lowest BCUT2D eigenvalue weighted by atomic mass is 10.1. The van der Waals surface area contributed by atoms with E-state index in [0.29, 0.717) is 0 Å². The van der Waals surface area contributed by atoms with E-state index < -0.39 is 12.2 Å². The van der Waals surface area contributed by atoms with Crippen molar-refractivity contribution in [3.63, 3.8) is 0 Å². The van der Waals surface area contributed by atoms with E-state index in [4.69, 9.17) is 4.74 Å². The minimum Gasteiger partial charge on any atom is -0.441 e. The van der Waals surface area contributed by atoms with Crippen molar-refractivity contribution in [3.05, 3.63) is 42.8 Å². The third-order valence-corrected chi connectivity index (χ3v) is 1.62. The summed E-state index contributed by atoms with van der Waals surface area (Å²) >= 11 is 0. The van der Waals surface area contributed by atoms with Gasteiger partial charge in [-0.25, -0.2) is 4.79 Å². The number of nitrogens with one attached hydrogen (secondary N) is 1. The lowest BCUT2D eigenvalue weighted by molar-refractivity contribution is 0.121. The van der Waals surface area contributed by atoms with E-state index in [1.807, 2.05) is 30.3 Å². The Hall–Kier alpha value is -1.51. The van der Waals surface area contributed by atoms with Gasteiger partial charge in [0.1, 0.15) is 6.10 Å². The highest BCUT2D eigenvalue weighted by atomic mass is 16.6. The Bertz CT molecular complexity index is 272. The molecule has 1 aromatic rings. The zero-order valence-corrected chi connectivity index (χ0v) is 7.49. The standard InChI is InChI=1S/C10H12NO2/c1-8(13-10(12)11-2)9-6-4-3-5-7-9/h3-8H,1H2,2H3,(H,11,12). The molecule has 0 fully saturated rings. The van der Waals surface area contributed by atoms with Crippen molar-refractivity contribution in [1.82, 2.24) is 5.32 Å². The van der Waals surface area contributed by atoms with Gasteiger partial charge in [-0.05, 0) is 12.5 Å². The average Bonchev–Trinajstić information content (AvgIpc) is 2.19. The van der Waals surface area contributed by atoms with Gasteiger partial charge in [0.05, 0.1) is 0 Å². The molecule has 0 heterocycles. The number of ether oxygens (including phenoxy) is 1. The molecule has 0 aromatic heterocycles. The minimum absolute atomic E-state index is 0.457. The van der Waals surface area contributed by atoms with Gasteiger partial charge in [-0.2, -0.15) is 0 Å². The van der Waals surface area contributed by atoms with E-state index in [-0.39, 0.29) is 0 Å². The molecule has 0 aliphatic carbocycles. The summed E-state index contributed by atoms with van der Waals surface area (Å²) < 4.78 is 4.92. The second-order valence-corrected chi connectivity index (χ2v) is 2.55. The molecule has 0 saturated carbocycles. The minimum atomic E-state index is -0.469. The van der Waals surface area contributed by atoms with Crippen LogP contribution in [0.4, 0.5) is 4.79 Å². The van der Waals surface area contributed by atoms with E-state index in [1.54, 1.807) is 0 Å². The summed E-state index contributed by atoms with van der Waals surface area (Å²) in [6, 6.07) is 9.37. The van der Waals surface area contributed by atoms with Crippen LogP contribution in [-0.4, -0.2) is 13.1 Å². The maximum atomic E-state index is 10.8. The summed E-state index contributed by atoms with van der Waals surface area (Å²) in [6.07, 6.45) is -0.926. The highest BCUT2D eigenvalue weighted by Crippen LogP contribution is 2.14. The first-order chi connectivity index (χ1) is 6.24. The summed E-state index contributed by atoms with van der Waals surface area (Å²) in [7, 11) is 1.51. The topological polar surface area (TPSA) is 38.3 Å². The molecule has 0 aliphatic heterocycles. The van der Waals surface area contributed by atoms with Crippen LogP contribution < -0.4 is 5.32 Å². The van der Waals surface area contributed by atoms with Crippen molar-refractivity contribution in [2.45, 2.75) is 6.10 Å². The zero-order valence-electron chi connectivity index (χ0n) is 7.49. The predicted molar refractivity (Wildman–Crippen MR) is 50.1 cm³/mol. The van der Waals surface area contributed by atoms with Crippen LogP contribution in [0.2, 0.25) is 0 Å². The van der Waals surface area contributed by atoms with E-state index in [9.17, 15) is 4.79 Å². The molecule has 1 rings (SSSR count). The molecule has 69 valence electrons. The van der Waals surface area contributed by atoms with Crippen molar-refractivity contribution in [3.8, 4) is 0 Å². The van der Waals surface area contributed by atoms with Crippen molar-refractivity contribution in [2.24, 2.45) is 0 Å². The van der Waals surface area contributed by atoms with Gasteiger partial charge in [-0.1, -0.05) is 30.3 Å². The number of rotatable bonds is 2. The van der Waals surface area contributed by atoms with Gasteiger partial charge in [0.15, 0.2) is 0 Å². The summed E-state index contributed by atoms with van der Waals surface area (Å²) in [5.74, 6) is 0. The third kappa shape index (κ3) is 2.78. The van der Waals surface area contributed by atoms with Gasteiger partial charge in [-0.3, -0.25) is 0 Å². The summed E-state index contributed by atoms with van der Waals surface area (Å²) in [6.45, 7) is 3.71. The first-order valence-electron chi connectivity index (χ1n) is 4.00. The number of carbonyl (C=O) groups is 1. The molecular weight excluding hydrogens is 166 g/mol. The van der Waals surface area contributed by atoms with Crippen LogP contribution >= 0.6 is 0 Å². The highest BCUT2D eigenvalue weighted by Gasteiger charge is 2.08. The largest absolute Gasteiger partial charge is 0.441 e. The molecule has 3 nitrogen and oxygen atoms in total. The van der Waals surface area contributed by atoms with E-state index >= 15 is 0 Å². The Balaban J connectivity index is 2.59. The summed E-state index contributed by atoms with van der Waals surface area (Å²) in [5.41, 5.74) is 0.881. The first-order valence-corrected chi connectivity index (χ1v) is 4.00. The Morgan fingerprint density at radius 2 is 2.08 bits per heavy atom. The number of hydrogen-bond acceptors (Lipinski definition) is 2. The molecule has 3 heteroatoms. The van der Waals surface area contributed by atoms with Gasteiger partial charge in [0.2, 0.25) is 0 Å². The Morgan fingerprint density at radius 1 is 1.46 bits per heavy atom. The van der Waals surface area contributed by atoms with E-state index in [1.165, 1.54) is 7.05 Å². The van der Waals surface area contributed by atoms with Gasteiger partial charge >= 0.3 is 6.09 Å². The van der Waals surface area contributed by atoms with E-state index in [2.05, 4.69) is 12.2 Å². The molecule has 1 aromatic carbocycles. The monoisotopic (exact) mass is 178 g/mol. The lowest BCUT2D eigenvalue weighted by Gasteiger charge is -2.12. The van der Waals surface area contributed by atoms with Crippen LogP contribution in [0.5, 0.6) is 0 Å². The second kappa shape index (κ2) is 4.50. The Labute approximate surface area is 77.7 Å². The fourth-order valence-corrected chi connectivity index (χ4v) is 0.924. The summed E-state index contributed by atoms with van der Waals surface area (Å²) in [5, 5.41) is 2.36. The lowest BCUT2D eigenvalue weighted by Crippen LogP contribution is -2.20. The smallest absolute Gasteiger partial charge is 0.407 e. The number of hydrogen-bond donors (Lipinski definition) is 1. The molecule has 0 saturated heterocycles. The number of benzene rings is 1. The molecule has 0 bridgehead atoms. The molecule has 13 heavy (non-hydrogen) atoms. The first kappa shape index (κ1) is 9.58. The quantitative estimate of drug-likeness (QED) is 0.751. The van der Waals surface area contributed by atoms with E-state index in [0.717, 1.165) is 5.56 Å². The summed E-state index contributed by atoms with van der Waals surface area (Å²) in [4.78, 5) is 10.8. The number of amides is 1. The van der Waals surface area contributed by atoms with Crippen molar-refractivity contribution in [2.75, 3.05) is 7.05 Å². The predicted octanol–water partition coefficient (Wildman–Crippen LogP) is 1.92. The van der Waals surface area contributed by atoms with Crippen LogP contribution in [0, 0.1) is 6.92 Å². The van der Waals surface area contributed by atoms with Gasteiger partial charge in [0.25, 0.3) is 0 Å². The maximum Gasteiger partial charge on any atom is 0.407 e. The van der Waals surface area contributed by atoms with Gasteiger partial charge in [0, 0.05) is 7.05 Å². The Kier molecular flexibility index (Phi) is 3.31. The zero-order chi connectivity index (χ0) is 9.68. The molecule has 0 aliphatic rings. The Morgan fingerprint density at radius 3 is 2.62 bits per heavy atom. The maximum absolute atomic E-state index is 10.8. The second-order valence-electron chi connectivity index (χ2n) is 2.55. The van der Waals surface area contributed by atoms with Gasteiger partial charge < -0.3 is 10.1 Å².